The normalized spacial score (nSPS) is 12.6. The van der Waals surface area contributed by atoms with E-state index in [0.29, 0.717) is 0 Å². The molecule has 2 rings (SSSR count). The molecule has 1 nitrogen and oxygen atoms in total. The second-order valence-electron chi connectivity index (χ2n) is 4.26. The van der Waals surface area contributed by atoms with E-state index in [1.807, 2.05) is 38.4 Å². The van der Waals surface area contributed by atoms with Gasteiger partial charge in [0.1, 0.15) is 0 Å². The van der Waals surface area contributed by atoms with E-state index in [-0.39, 0.29) is 5.92 Å². The van der Waals surface area contributed by atoms with Crippen molar-refractivity contribution in [1.82, 2.24) is 0 Å². The average Bonchev–Trinajstić information content (AvgIpc) is 2.88. The van der Waals surface area contributed by atoms with Crippen LogP contribution in [0.4, 0.5) is 5.69 Å². The second kappa shape index (κ2) is 5.80. The Morgan fingerprint density at radius 1 is 0.944 bits per heavy atom. The van der Waals surface area contributed by atoms with Crippen LogP contribution >= 0.6 is 0 Å². The third kappa shape index (κ3) is 3.30. The molecule has 1 aromatic carbocycles. The summed E-state index contributed by atoms with van der Waals surface area (Å²) in [5.41, 5.74) is 2.17. The van der Waals surface area contributed by atoms with E-state index in [9.17, 15) is 0 Å². The molecule has 0 atom stereocenters. The Morgan fingerprint density at radius 3 is 2.22 bits per heavy atom. The predicted molar refractivity (Wildman–Crippen MR) is 77.2 cm³/mol. The first-order chi connectivity index (χ1) is 8.75. The van der Waals surface area contributed by atoms with E-state index in [2.05, 4.69) is 52.9 Å². The molecular weight excluding hydrogens is 218 g/mol. The van der Waals surface area contributed by atoms with E-state index in [1.54, 1.807) is 0 Å². The zero-order valence-electron chi connectivity index (χ0n) is 10.6. The Hall–Kier alpha value is -2.38. The highest BCUT2D eigenvalue weighted by atomic mass is 15.1. The molecule has 18 heavy (non-hydrogen) atoms. The molecule has 88 valence electrons. The van der Waals surface area contributed by atoms with Crippen molar-refractivity contribution in [3.63, 3.8) is 0 Å². The summed E-state index contributed by atoms with van der Waals surface area (Å²) >= 11 is 0. The van der Waals surface area contributed by atoms with Crippen molar-refractivity contribution < 1.29 is 0 Å². The first-order valence-corrected chi connectivity index (χ1v) is 5.89. The third-order valence-electron chi connectivity index (χ3n) is 2.64. The minimum atomic E-state index is 0.232. The van der Waals surface area contributed by atoms with Crippen molar-refractivity contribution in [3.05, 3.63) is 54.1 Å². The summed E-state index contributed by atoms with van der Waals surface area (Å²) in [7, 11) is 4.05. The summed E-state index contributed by atoms with van der Waals surface area (Å²) in [6.45, 7) is 0. The SMILES string of the molecule is CN(C)c1ccc(C#CC#CC2C=CC=C2)cc1. The fourth-order valence-electron chi connectivity index (χ4n) is 1.59. The van der Waals surface area contributed by atoms with Crippen molar-refractivity contribution in [2.75, 3.05) is 19.0 Å². The van der Waals surface area contributed by atoms with Crippen LogP contribution < -0.4 is 4.90 Å². The van der Waals surface area contributed by atoms with Gasteiger partial charge in [0.15, 0.2) is 0 Å². The van der Waals surface area contributed by atoms with Crippen LogP contribution in [0.15, 0.2) is 48.6 Å². The summed E-state index contributed by atoms with van der Waals surface area (Å²) < 4.78 is 0. The Kier molecular flexibility index (Phi) is 3.90. The largest absolute Gasteiger partial charge is 0.378 e. The Morgan fingerprint density at radius 2 is 1.61 bits per heavy atom. The summed E-state index contributed by atoms with van der Waals surface area (Å²) in [6.07, 6.45) is 8.13. The minimum absolute atomic E-state index is 0.232. The number of anilines is 1. The van der Waals surface area contributed by atoms with Gasteiger partial charge in [0.2, 0.25) is 0 Å². The molecule has 0 heterocycles. The zero-order valence-corrected chi connectivity index (χ0v) is 10.6. The molecule has 1 heteroatoms. The van der Waals surface area contributed by atoms with Gasteiger partial charge >= 0.3 is 0 Å². The number of hydrogen-bond donors (Lipinski definition) is 0. The maximum Gasteiger partial charge on any atom is 0.0579 e. The van der Waals surface area contributed by atoms with Crippen LogP contribution in [-0.2, 0) is 0 Å². The van der Waals surface area contributed by atoms with E-state index in [4.69, 9.17) is 0 Å². The van der Waals surface area contributed by atoms with Crippen molar-refractivity contribution >= 4 is 5.69 Å². The molecule has 0 spiro atoms. The fourth-order valence-corrected chi connectivity index (χ4v) is 1.59. The van der Waals surface area contributed by atoms with Gasteiger partial charge in [0, 0.05) is 25.3 Å². The molecule has 0 saturated carbocycles. The highest BCUT2D eigenvalue weighted by Gasteiger charge is 1.95. The van der Waals surface area contributed by atoms with Gasteiger partial charge in [-0.3, -0.25) is 0 Å². The molecule has 0 saturated heterocycles. The van der Waals surface area contributed by atoms with Gasteiger partial charge in [0.25, 0.3) is 0 Å². The monoisotopic (exact) mass is 233 g/mol. The van der Waals surface area contributed by atoms with Gasteiger partial charge in [-0.25, -0.2) is 0 Å². The van der Waals surface area contributed by atoms with Gasteiger partial charge in [-0.05, 0) is 36.1 Å². The van der Waals surface area contributed by atoms with Crippen LogP contribution in [0.2, 0.25) is 0 Å². The number of hydrogen-bond acceptors (Lipinski definition) is 1. The van der Waals surface area contributed by atoms with Crippen LogP contribution in [0.25, 0.3) is 0 Å². The second-order valence-corrected chi connectivity index (χ2v) is 4.26. The van der Waals surface area contributed by atoms with Crippen LogP contribution in [0.1, 0.15) is 5.56 Å². The molecular formula is C17H15N. The molecule has 0 bridgehead atoms. The minimum Gasteiger partial charge on any atom is -0.378 e. The first kappa shape index (κ1) is 12.1. The number of rotatable bonds is 1. The maximum atomic E-state index is 3.08. The van der Waals surface area contributed by atoms with Crippen LogP contribution in [0.5, 0.6) is 0 Å². The maximum absolute atomic E-state index is 3.08. The Balaban J connectivity index is 2.01. The lowest BCUT2D eigenvalue weighted by Crippen LogP contribution is -2.07. The van der Waals surface area contributed by atoms with Crippen LogP contribution in [-0.4, -0.2) is 14.1 Å². The molecule has 0 aromatic heterocycles. The molecule has 1 aromatic rings. The number of nitrogens with zero attached hydrogens (tertiary/aromatic N) is 1. The lowest BCUT2D eigenvalue weighted by Gasteiger charge is -2.11. The molecule has 0 aliphatic heterocycles. The quantitative estimate of drug-likeness (QED) is 0.674. The Bertz CT molecular complexity index is 568. The van der Waals surface area contributed by atoms with Crippen molar-refractivity contribution in [2.45, 2.75) is 0 Å². The molecule has 0 amide bonds. The highest BCUT2D eigenvalue weighted by Crippen LogP contribution is 2.11. The van der Waals surface area contributed by atoms with Gasteiger partial charge in [-0.2, -0.15) is 0 Å². The summed E-state index contributed by atoms with van der Waals surface area (Å²) in [5.74, 6) is 12.1. The van der Waals surface area contributed by atoms with Gasteiger partial charge < -0.3 is 4.90 Å². The fraction of sp³-hybridized carbons (Fsp3) is 0.176. The summed E-state index contributed by atoms with van der Waals surface area (Å²) in [6, 6.07) is 8.14. The molecule has 1 aliphatic rings. The van der Waals surface area contributed by atoms with E-state index in [0.717, 1.165) is 5.56 Å². The lowest BCUT2D eigenvalue weighted by atomic mass is 10.2. The van der Waals surface area contributed by atoms with Crippen LogP contribution in [0.3, 0.4) is 0 Å². The lowest BCUT2D eigenvalue weighted by molar-refractivity contribution is 1.13. The van der Waals surface area contributed by atoms with Crippen LogP contribution in [0, 0.1) is 29.6 Å². The molecule has 1 aliphatic carbocycles. The first-order valence-electron chi connectivity index (χ1n) is 5.89. The van der Waals surface area contributed by atoms with Gasteiger partial charge in [-0.15, -0.1) is 0 Å². The topological polar surface area (TPSA) is 3.24 Å². The summed E-state index contributed by atoms with van der Waals surface area (Å²) in [5, 5.41) is 0. The summed E-state index contributed by atoms with van der Waals surface area (Å²) in [4.78, 5) is 2.07. The average molecular weight is 233 g/mol. The zero-order chi connectivity index (χ0) is 12.8. The van der Waals surface area contributed by atoms with Crippen molar-refractivity contribution in [2.24, 2.45) is 5.92 Å². The van der Waals surface area contributed by atoms with E-state index in [1.165, 1.54) is 5.69 Å². The van der Waals surface area contributed by atoms with E-state index >= 15 is 0 Å². The smallest absolute Gasteiger partial charge is 0.0579 e. The van der Waals surface area contributed by atoms with Crippen molar-refractivity contribution in [3.8, 4) is 23.7 Å². The molecule has 0 N–H and O–H groups in total. The van der Waals surface area contributed by atoms with Gasteiger partial charge in [-0.1, -0.05) is 36.1 Å². The number of allylic oxidation sites excluding steroid dienone is 4. The van der Waals surface area contributed by atoms with E-state index < -0.39 is 0 Å². The standard InChI is InChI=1S/C17H15N/c1-18(2)17-13-11-16(12-14-17)10-6-5-9-15-7-3-4-8-15/h3-4,7-8,11-15H,1-2H3. The molecule has 0 fully saturated rings. The molecule has 0 radical (unpaired) electrons. The van der Waals surface area contributed by atoms with Gasteiger partial charge in [0.05, 0.1) is 5.92 Å². The van der Waals surface area contributed by atoms with Crippen molar-refractivity contribution in [1.29, 1.82) is 0 Å². The predicted octanol–water partition coefficient (Wildman–Crippen LogP) is 2.85. The Labute approximate surface area is 109 Å². The number of benzene rings is 1. The highest BCUT2D eigenvalue weighted by molar-refractivity contribution is 5.50. The third-order valence-corrected chi connectivity index (χ3v) is 2.64. The molecule has 0 unspecified atom stereocenters.